The number of amides is 3. The fourth-order valence-electron chi connectivity index (χ4n) is 5.48. The molecule has 0 unspecified atom stereocenters. The molecule has 0 aromatic heterocycles. The molecule has 1 heterocycles. The van der Waals surface area contributed by atoms with Gasteiger partial charge in [0.1, 0.15) is 23.2 Å². The minimum atomic E-state index is -4.27. The number of hydrogen-bond acceptors (Lipinski definition) is 9. The van der Waals surface area contributed by atoms with Gasteiger partial charge in [-0.25, -0.2) is 9.59 Å². The SMILES string of the molecule is C=CCCCCC[C@H](NC(=O)OC(C)(C)C)C(=O)N1C[C@@H](OS(=O)(=O)c2ccc(Br)cc2)C[C@H]1C(=O)N[C@]1(C(=O)OCC)C[C@H]1C=C. The first kappa shape index (κ1) is 38.2. The van der Waals surface area contributed by atoms with Crippen LogP contribution in [0.2, 0.25) is 0 Å². The molecule has 47 heavy (non-hydrogen) atoms. The van der Waals surface area contributed by atoms with Crippen LogP contribution in [0.15, 0.2) is 58.9 Å². The van der Waals surface area contributed by atoms with E-state index < -0.39 is 63.3 Å². The minimum Gasteiger partial charge on any atom is -0.464 e. The van der Waals surface area contributed by atoms with Crippen LogP contribution in [0.4, 0.5) is 4.79 Å². The molecule has 2 fully saturated rings. The molecule has 3 rings (SSSR count). The summed E-state index contributed by atoms with van der Waals surface area (Å²) >= 11 is 3.28. The van der Waals surface area contributed by atoms with Gasteiger partial charge in [0.25, 0.3) is 10.1 Å². The minimum absolute atomic E-state index is 0.0939. The van der Waals surface area contributed by atoms with Gasteiger partial charge in [-0.15, -0.1) is 13.2 Å². The highest BCUT2D eigenvalue weighted by atomic mass is 79.9. The van der Waals surface area contributed by atoms with Crippen molar-refractivity contribution in [3.8, 4) is 0 Å². The molecule has 2 N–H and O–H groups in total. The van der Waals surface area contributed by atoms with Crippen LogP contribution < -0.4 is 10.6 Å². The number of halogens is 1. The standard InChI is InChI=1S/C33H46BrN3O9S/c1-7-10-11-12-13-14-26(35-31(41)45-32(4,5)6)29(39)37-21-24(46-47(42,43)25-17-15-23(34)16-18-25)19-27(37)28(38)36-33(20-22(33)8-2)30(40)44-9-3/h7-8,15-18,22,24,26-27H,1-2,9-14,19-21H2,3-6H3,(H,35,41)(H,36,38)/t22-,24+,26+,27+,33-/m1/s1. The lowest BCUT2D eigenvalue weighted by Gasteiger charge is -2.30. The van der Waals surface area contributed by atoms with Crippen LogP contribution in [-0.2, 0) is 38.2 Å². The number of carbonyl (C=O) groups excluding carboxylic acids is 4. The Labute approximate surface area is 285 Å². The molecule has 5 atom stereocenters. The van der Waals surface area contributed by atoms with E-state index in [1.165, 1.54) is 17.0 Å². The zero-order valence-corrected chi connectivity index (χ0v) is 29.9. The van der Waals surface area contributed by atoms with E-state index in [4.69, 9.17) is 13.7 Å². The Morgan fingerprint density at radius 1 is 1.13 bits per heavy atom. The van der Waals surface area contributed by atoms with Crippen LogP contribution in [-0.4, -0.2) is 79.7 Å². The number of unbranched alkanes of at least 4 members (excludes halogenated alkanes) is 3. The van der Waals surface area contributed by atoms with Crippen molar-refractivity contribution in [1.82, 2.24) is 15.5 Å². The zero-order valence-electron chi connectivity index (χ0n) is 27.5. The molecule has 14 heteroatoms. The van der Waals surface area contributed by atoms with Gasteiger partial charge in [0.05, 0.1) is 17.6 Å². The number of hydrogen-bond donors (Lipinski definition) is 2. The Kier molecular flexibility index (Phi) is 13.2. The highest BCUT2D eigenvalue weighted by Crippen LogP contribution is 2.45. The maximum absolute atomic E-state index is 14.2. The third-order valence-corrected chi connectivity index (χ3v) is 9.79. The van der Waals surface area contributed by atoms with Crippen molar-refractivity contribution in [2.24, 2.45) is 5.92 Å². The summed E-state index contributed by atoms with van der Waals surface area (Å²) in [7, 11) is -4.27. The van der Waals surface area contributed by atoms with Gasteiger partial charge in [0, 0.05) is 23.4 Å². The molecule has 1 saturated carbocycles. The lowest BCUT2D eigenvalue weighted by molar-refractivity contribution is -0.150. The molecule has 1 aromatic rings. The summed E-state index contributed by atoms with van der Waals surface area (Å²) in [6.45, 7) is 14.1. The van der Waals surface area contributed by atoms with Crippen molar-refractivity contribution in [1.29, 1.82) is 0 Å². The normalized spacial score (nSPS) is 22.9. The summed E-state index contributed by atoms with van der Waals surface area (Å²) in [6.07, 6.45) is 4.78. The molecule has 0 bridgehead atoms. The molecule has 1 aromatic carbocycles. The van der Waals surface area contributed by atoms with Gasteiger partial charge in [0.2, 0.25) is 11.8 Å². The second-order valence-corrected chi connectivity index (χ2v) is 15.2. The van der Waals surface area contributed by atoms with Crippen LogP contribution in [0, 0.1) is 5.92 Å². The molecule has 1 saturated heterocycles. The van der Waals surface area contributed by atoms with E-state index in [0.717, 1.165) is 19.3 Å². The molecule has 12 nitrogen and oxygen atoms in total. The lowest BCUT2D eigenvalue weighted by Crippen LogP contribution is -2.56. The molecule has 1 aliphatic carbocycles. The van der Waals surface area contributed by atoms with Gasteiger partial charge in [-0.05, 0) is 77.6 Å². The fourth-order valence-corrected chi connectivity index (χ4v) is 6.82. The van der Waals surface area contributed by atoms with Gasteiger partial charge < -0.3 is 25.0 Å². The summed E-state index contributed by atoms with van der Waals surface area (Å²) in [5.41, 5.74) is -2.17. The number of esters is 1. The first-order valence-electron chi connectivity index (χ1n) is 15.8. The smallest absolute Gasteiger partial charge is 0.408 e. The van der Waals surface area contributed by atoms with Crippen LogP contribution in [0.25, 0.3) is 0 Å². The lowest BCUT2D eigenvalue weighted by atomic mass is 10.0. The first-order valence-corrected chi connectivity index (χ1v) is 18.0. The van der Waals surface area contributed by atoms with Crippen LogP contribution in [0.3, 0.4) is 0 Å². The second kappa shape index (κ2) is 16.2. The largest absolute Gasteiger partial charge is 0.464 e. The first-order chi connectivity index (χ1) is 22.1. The molecule has 260 valence electrons. The fraction of sp³-hybridized carbons (Fsp3) is 0.576. The number of rotatable bonds is 16. The van der Waals surface area contributed by atoms with E-state index in [1.807, 2.05) is 0 Å². The van der Waals surface area contributed by atoms with E-state index in [2.05, 4.69) is 39.7 Å². The molecular weight excluding hydrogens is 694 g/mol. The Hall–Kier alpha value is -3.23. The number of nitrogens with zero attached hydrogens (tertiary/aromatic N) is 1. The molecule has 0 radical (unpaired) electrons. The number of nitrogens with one attached hydrogen (secondary N) is 2. The van der Waals surface area contributed by atoms with Gasteiger partial charge >= 0.3 is 12.1 Å². The van der Waals surface area contributed by atoms with Crippen molar-refractivity contribution >= 4 is 49.9 Å². The number of ether oxygens (including phenoxy) is 2. The summed E-state index contributed by atoms with van der Waals surface area (Å²) in [5, 5.41) is 5.42. The third-order valence-electron chi connectivity index (χ3n) is 7.89. The van der Waals surface area contributed by atoms with E-state index in [9.17, 15) is 27.6 Å². The van der Waals surface area contributed by atoms with E-state index >= 15 is 0 Å². The van der Waals surface area contributed by atoms with Crippen LogP contribution >= 0.6 is 15.9 Å². The van der Waals surface area contributed by atoms with Gasteiger partial charge in [-0.1, -0.05) is 40.9 Å². The number of benzene rings is 1. The van der Waals surface area contributed by atoms with E-state index in [0.29, 0.717) is 10.9 Å². The van der Waals surface area contributed by atoms with Crippen LogP contribution in [0.5, 0.6) is 0 Å². The highest BCUT2D eigenvalue weighted by Gasteiger charge is 2.62. The topological polar surface area (TPSA) is 157 Å². The van der Waals surface area contributed by atoms with Crippen molar-refractivity contribution in [3.63, 3.8) is 0 Å². The molecular formula is C33H46BrN3O9S. The summed E-state index contributed by atoms with van der Waals surface area (Å²) in [4.78, 5) is 54.9. The Morgan fingerprint density at radius 2 is 1.81 bits per heavy atom. The molecule has 1 aliphatic heterocycles. The summed E-state index contributed by atoms with van der Waals surface area (Å²) < 4.78 is 43.2. The van der Waals surface area contributed by atoms with Crippen LogP contribution in [0.1, 0.15) is 72.6 Å². The van der Waals surface area contributed by atoms with Gasteiger partial charge in [0.15, 0.2) is 0 Å². The number of likely N-dealkylation sites (tertiary alicyclic amines) is 1. The molecule has 0 spiro atoms. The zero-order chi connectivity index (χ0) is 35.0. The predicted octanol–water partition coefficient (Wildman–Crippen LogP) is 4.78. The maximum Gasteiger partial charge on any atom is 0.408 e. The maximum atomic E-state index is 14.2. The number of alkyl carbamates (subject to hydrolysis) is 1. The quantitative estimate of drug-likeness (QED) is 0.105. The average Bonchev–Trinajstić information content (AvgIpc) is 3.55. The molecule has 3 amide bonds. The second-order valence-electron chi connectivity index (χ2n) is 12.7. The van der Waals surface area contributed by atoms with Crippen molar-refractivity contribution in [3.05, 3.63) is 54.0 Å². The van der Waals surface area contributed by atoms with Gasteiger partial charge in [-0.2, -0.15) is 8.42 Å². The Bertz CT molecular complexity index is 1430. The van der Waals surface area contributed by atoms with E-state index in [-0.39, 0.29) is 43.2 Å². The summed E-state index contributed by atoms with van der Waals surface area (Å²) in [5.74, 6) is -2.28. The van der Waals surface area contributed by atoms with E-state index in [1.54, 1.807) is 52.0 Å². The number of carbonyl (C=O) groups is 4. The monoisotopic (exact) mass is 739 g/mol. The Balaban J connectivity index is 1.91. The predicted molar refractivity (Wildman–Crippen MR) is 179 cm³/mol. The van der Waals surface area contributed by atoms with Crippen molar-refractivity contribution < 1.29 is 41.3 Å². The van der Waals surface area contributed by atoms with Gasteiger partial charge in [-0.3, -0.25) is 13.8 Å². The molecule has 2 aliphatic rings. The third kappa shape index (κ3) is 10.4. The average molecular weight is 741 g/mol. The number of allylic oxidation sites excluding steroid dienone is 1. The Morgan fingerprint density at radius 3 is 2.38 bits per heavy atom. The van der Waals surface area contributed by atoms with Crippen molar-refractivity contribution in [2.45, 2.75) is 107 Å². The summed E-state index contributed by atoms with van der Waals surface area (Å²) in [6, 6.07) is 3.57. The van der Waals surface area contributed by atoms with Crippen molar-refractivity contribution in [2.75, 3.05) is 13.2 Å². The highest BCUT2D eigenvalue weighted by molar-refractivity contribution is 9.10.